The number of allylic oxidation sites excluding steroid dienone is 1. The van der Waals surface area contributed by atoms with Crippen molar-refractivity contribution in [3.63, 3.8) is 0 Å². The van der Waals surface area contributed by atoms with Crippen molar-refractivity contribution in [2.75, 3.05) is 13.2 Å². The Morgan fingerprint density at radius 2 is 1.36 bits per heavy atom. The highest BCUT2D eigenvalue weighted by Crippen LogP contribution is 2.70. The molecule has 0 unspecified atom stereocenters. The van der Waals surface area contributed by atoms with Crippen molar-refractivity contribution in [3.05, 3.63) is 11.6 Å². The fraction of sp³-hybridized carbons (Fsp3) is 0.956. The lowest BCUT2D eigenvalue weighted by Crippen LogP contribution is -2.66. The van der Waals surface area contributed by atoms with Gasteiger partial charge in [0, 0.05) is 12.5 Å². The van der Waals surface area contributed by atoms with Gasteiger partial charge >= 0.3 is 0 Å². The van der Waals surface area contributed by atoms with E-state index < -0.39 is 98.7 Å². The first-order valence-electron chi connectivity index (χ1n) is 23.3. The Morgan fingerprint density at radius 1 is 0.705 bits per heavy atom. The number of hydrogen-bond acceptors (Lipinski definition) is 16. The van der Waals surface area contributed by atoms with Gasteiger partial charge in [-0.1, -0.05) is 39.3 Å². The van der Waals surface area contributed by atoms with Gasteiger partial charge in [0.15, 0.2) is 18.9 Å². The quantitative estimate of drug-likeness (QED) is 0.161. The summed E-state index contributed by atoms with van der Waals surface area (Å²) >= 11 is 0. The normalized spacial score (nSPS) is 58.4. The summed E-state index contributed by atoms with van der Waals surface area (Å²) < 4.78 is 43.0. The summed E-state index contributed by atoms with van der Waals surface area (Å²) in [6.07, 6.45) is -9.80. The molecule has 26 atom stereocenters. The molecule has 61 heavy (non-hydrogen) atoms. The zero-order valence-corrected chi connectivity index (χ0v) is 36.6. The molecule has 16 nitrogen and oxygen atoms in total. The SMILES string of the molecule is C[C@@H]1CC[C@]2(NC1)O[C@H]1C[C@H]3[C@@H]4CC=C5C[C@@H](O[C@@H]6O[C@H](CO)[C@@H](O[C@@H]7O[C@@H](C)[C@H](O)[C@@H](O)[C@H]7O[C@@H]7O[C@@H](C)[C@H](O)[C@@H](O)[C@H]7O)[C@H](O)[C@H]6O)CC[C@]5(C)[C@H]4CC[C@]3(C)[C@H]1[C@@H]2C. The van der Waals surface area contributed by atoms with Gasteiger partial charge in [-0.25, -0.2) is 0 Å². The lowest BCUT2D eigenvalue weighted by atomic mass is 9.47. The maximum absolute atomic E-state index is 11.5. The molecule has 1 spiro atoms. The van der Waals surface area contributed by atoms with Crippen LogP contribution in [-0.4, -0.2) is 164 Å². The number of nitrogens with one attached hydrogen (secondary N) is 1. The molecule has 9 N–H and O–H groups in total. The average Bonchev–Trinajstić information content (AvgIpc) is 3.69. The summed E-state index contributed by atoms with van der Waals surface area (Å²) in [5.41, 5.74) is 1.52. The first kappa shape index (κ1) is 45.3. The molecular formula is C45H73NO15. The number of rotatable bonds is 7. The van der Waals surface area contributed by atoms with Crippen molar-refractivity contribution in [1.29, 1.82) is 0 Å². The Labute approximate surface area is 359 Å². The average molecular weight is 868 g/mol. The van der Waals surface area contributed by atoms with E-state index in [9.17, 15) is 40.9 Å². The molecule has 9 aliphatic rings. The van der Waals surface area contributed by atoms with Crippen LogP contribution in [-0.2, 0) is 33.2 Å². The molecule has 5 aliphatic heterocycles. The van der Waals surface area contributed by atoms with Crippen molar-refractivity contribution < 1.29 is 74.0 Å². The van der Waals surface area contributed by atoms with Crippen LogP contribution in [0.25, 0.3) is 0 Å². The number of hydrogen-bond donors (Lipinski definition) is 9. The van der Waals surface area contributed by atoms with Crippen LogP contribution in [0.3, 0.4) is 0 Å². The van der Waals surface area contributed by atoms with Gasteiger partial charge in [-0.15, -0.1) is 0 Å². The largest absolute Gasteiger partial charge is 0.394 e. The summed E-state index contributed by atoms with van der Waals surface area (Å²) in [5, 5.41) is 90.1. The lowest BCUT2D eigenvalue weighted by molar-refractivity contribution is -0.386. The van der Waals surface area contributed by atoms with Crippen molar-refractivity contribution in [2.45, 2.75) is 209 Å². The number of ether oxygens (including phenoxy) is 7. The molecule has 0 radical (unpaired) electrons. The Balaban J connectivity index is 0.843. The third-order valence-corrected chi connectivity index (χ3v) is 17.9. The van der Waals surface area contributed by atoms with E-state index in [4.69, 9.17) is 33.2 Å². The topological polar surface area (TPSA) is 238 Å². The Morgan fingerprint density at radius 3 is 2.07 bits per heavy atom. The van der Waals surface area contributed by atoms with Gasteiger partial charge in [-0.05, 0) is 112 Å². The highest BCUT2D eigenvalue weighted by molar-refractivity contribution is 5.26. The minimum atomic E-state index is -1.73. The van der Waals surface area contributed by atoms with Gasteiger partial charge in [0.2, 0.25) is 0 Å². The number of aliphatic hydroxyl groups excluding tert-OH is 8. The van der Waals surface area contributed by atoms with E-state index in [1.807, 2.05) is 0 Å². The minimum Gasteiger partial charge on any atom is -0.394 e. The molecule has 3 saturated carbocycles. The monoisotopic (exact) mass is 867 g/mol. The fourth-order valence-corrected chi connectivity index (χ4v) is 14.2. The van der Waals surface area contributed by atoms with E-state index in [0.29, 0.717) is 48.0 Å². The van der Waals surface area contributed by atoms with E-state index >= 15 is 0 Å². The third kappa shape index (κ3) is 7.42. The van der Waals surface area contributed by atoms with Crippen LogP contribution in [0.2, 0.25) is 0 Å². The van der Waals surface area contributed by atoms with E-state index in [0.717, 1.165) is 38.6 Å². The van der Waals surface area contributed by atoms with Crippen LogP contribution >= 0.6 is 0 Å². The number of piperidine rings is 1. The predicted molar refractivity (Wildman–Crippen MR) is 215 cm³/mol. The Bertz CT molecular complexity index is 1600. The summed E-state index contributed by atoms with van der Waals surface area (Å²) in [7, 11) is 0. The number of fused-ring (bicyclic) bond motifs is 7. The highest BCUT2D eigenvalue weighted by atomic mass is 16.8. The molecular weight excluding hydrogens is 794 g/mol. The molecule has 0 amide bonds. The van der Waals surface area contributed by atoms with E-state index in [1.54, 1.807) is 0 Å². The van der Waals surface area contributed by atoms with E-state index in [1.165, 1.54) is 38.7 Å². The second-order valence-electron chi connectivity index (χ2n) is 21.2. The molecule has 348 valence electrons. The second-order valence-corrected chi connectivity index (χ2v) is 21.2. The lowest BCUT2D eigenvalue weighted by Gasteiger charge is -2.59. The van der Waals surface area contributed by atoms with Gasteiger partial charge in [0.25, 0.3) is 0 Å². The zero-order chi connectivity index (χ0) is 43.5. The second kappa shape index (κ2) is 16.8. The predicted octanol–water partition coefficient (Wildman–Crippen LogP) is 0.815. The summed E-state index contributed by atoms with van der Waals surface area (Å²) in [5.74, 6) is 3.55. The molecule has 9 rings (SSSR count). The smallest absolute Gasteiger partial charge is 0.187 e. The number of aliphatic hydroxyl groups is 8. The first-order chi connectivity index (χ1) is 28.9. The molecule has 0 bridgehead atoms. The molecule has 16 heteroatoms. The van der Waals surface area contributed by atoms with Crippen LogP contribution in [0.15, 0.2) is 11.6 Å². The van der Waals surface area contributed by atoms with Crippen LogP contribution in [0.4, 0.5) is 0 Å². The highest BCUT2D eigenvalue weighted by Gasteiger charge is 2.68. The maximum Gasteiger partial charge on any atom is 0.187 e. The van der Waals surface area contributed by atoms with E-state index in [2.05, 4.69) is 39.1 Å². The zero-order valence-electron chi connectivity index (χ0n) is 36.6. The molecule has 4 aliphatic carbocycles. The van der Waals surface area contributed by atoms with Crippen LogP contribution in [0.1, 0.15) is 99.3 Å². The van der Waals surface area contributed by atoms with Gasteiger partial charge in [-0.3, -0.25) is 5.32 Å². The maximum atomic E-state index is 11.5. The minimum absolute atomic E-state index is 0.0389. The summed E-state index contributed by atoms with van der Waals surface area (Å²) in [6, 6.07) is 0. The fourth-order valence-electron chi connectivity index (χ4n) is 14.2. The van der Waals surface area contributed by atoms with Crippen molar-refractivity contribution >= 4 is 0 Å². The van der Waals surface area contributed by atoms with Crippen molar-refractivity contribution in [1.82, 2.24) is 5.32 Å². The molecule has 0 aromatic rings. The van der Waals surface area contributed by atoms with Gasteiger partial charge in [0.05, 0.1) is 31.0 Å². The molecule has 5 saturated heterocycles. The van der Waals surface area contributed by atoms with Crippen molar-refractivity contribution in [3.8, 4) is 0 Å². The van der Waals surface area contributed by atoms with Gasteiger partial charge in [-0.2, -0.15) is 0 Å². The van der Waals surface area contributed by atoms with Gasteiger partial charge < -0.3 is 74.0 Å². The van der Waals surface area contributed by atoms with Crippen LogP contribution in [0, 0.1) is 46.3 Å². The third-order valence-electron chi connectivity index (χ3n) is 17.9. The van der Waals surface area contributed by atoms with Crippen LogP contribution < -0.4 is 5.32 Å². The molecule has 5 heterocycles. The van der Waals surface area contributed by atoms with Crippen LogP contribution in [0.5, 0.6) is 0 Å². The molecule has 0 aromatic carbocycles. The van der Waals surface area contributed by atoms with E-state index in [-0.39, 0.29) is 22.7 Å². The standard InChI is InChI=1S/C45H73NO15/c1-19-9-14-45(46-17-19)20(2)30-28(61-45)16-27-25-8-7-23-15-24(10-12-43(23,5)26(25)11-13-44(27,30)6)57-41-37(54)35(52)38(29(18-47)58-41)59-42-39(34(51)32(49)22(4)56-42)60-40-36(53)33(50)31(48)21(3)55-40/h7,19-22,24-42,46-54H,8-18H2,1-6H3/t19-,20+,21+,22+,24+,25-,26+,27+,28+,29-,30+,31+,32+,33-,34-,35-,36-,37-,38-,39-,40+,41-,42+,43+,44+,45+/m1/s1. The molecule has 8 fully saturated rings. The Kier molecular flexibility index (Phi) is 12.4. The molecule has 0 aromatic heterocycles. The Hall–Kier alpha value is -0.900. The first-order valence-corrected chi connectivity index (χ1v) is 23.3. The van der Waals surface area contributed by atoms with Gasteiger partial charge in [0.1, 0.15) is 66.8 Å². The summed E-state index contributed by atoms with van der Waals surface area (Å²) in [4.78, 5) is 0. The van der Waals surface area contributed by atoms with Crippen molar-refractivity contribution in [2.24, 2.45) is 46.3 Å². The summed E-state index contributed by atoms with van der Waals surface area (Å²) in [6.45, 7) is 13.2.